The minimum atomic E-state index is -0.925. The average molecular weight is 516 g/mol. The van der Waals surface area contributed by atoms with Crippen molar-refractivity contribution in [3.63, 3.8) is 0 Å². The highest BCUT2D eigenvalue weighted by Gasteiger charge is 2.43. The Hall–Kier alpha value is -2.66. The summed E-state index contributed by atoms with van der Waals surface area (Å²) in [7, 11) is 0. The van der Waals surface area contributed by atoms with Crippen LogP contribution in [0.5, 0.6) is 0 Å². The molecule has 8 heteroatoms. The van der Waals surface area contributed by atoms with E-state index in [0.29, 0.717) is 23.3 Å². The summed E-state index contributed by atoms with van der Waals surface area (Å²) in [4.78, 5) is 42.3. The van der Waals surface area contributed by atoms with Crippen LogP contribution >= 0.6 is 11.8 Å². The number of carbonyl (C=O) groups excluding carboxylic acids is 3. The third-order valence-corrected chi connectivity index (χ3v) is 6.40. The first-order chi connectivity index (χ1) is 16.8. The maximum Gasteiger partial charge on any atom is 0.408 e. The lowest BCUT2D eigenvalue weighted by Crippen LogP contribution is -2.58. The van der Waals surface area contributed by atoms with Crippen LogP contribution in [0.15, 0.2) is 24.3 Å². The lowest BCUT2D eigenvalue weighted by molar-refractivity contribution is -0.148. The third kappa shape index (κ3) is 8.48. The fourth-order valence-corrected chi connectivity index (χ4v) is 4.50. The molecule has 0 bridgehead atoms. The van der Waals surface area contributed by atoms with Crippen LogP contribution in [0.25, 0.3) is 0 Å². The number of hydrogen-bond donors (Lipinski definition) is 2. The van der Waals surface area contributed by atoms with Crippen molar-refractivity contribution in [1.29, 1.82) is 0 Å². The largest absolute Gasteiger partial charge is 0.444 e. The third-order valence-electron chi connectivity index (χ3n) is 5.76. The summed E-state index contributed by atoms with van der Waals surface area (Å²) in [5.74, 6) is 2.73. The molecule has 1 aliphatic carbocycles. The molecule has 1 aliphatic rings. The summed E-state index contributed by atoms with van der Waals surface area (Å²) in [5, 5.41) is 5.82. The summed E-state index contributed by atoms with van der Waals surface area (Å²) in [5.41, 5.74) is -0.0552. The van der Waals surface area contributed by atoms with Gasteiger partial charge >= 0.3 is 6.09 Å². The van der Waals surface area contributed by atoms with Crippen molar-refractivity contribution < 1.29 is 19.1 Å². The molecule has 3 amide bonds. The first kappa shape index (κ1) is 29.6. The van der Waals surface area contributed by atoms with Gasteiger partial charge in [-0.15, -0.1) is 6.42 Å². The second kappa shape index (κ2) is 12.5. The van der Waals surface area contributed by atoms with Crippen LogP contribution in [-0.4, -0.2) is 58.0 Å². The Balaban J connectivity index is 2.55. The Labute approximate surface area is 220 Å². The monoisotopic (exact) mass is 515 g/mol. The molecule has 7 nitrogen and oxygen atoms in total. The summed E-state index contributed by atoms with van der Waals surface area (Å²) in [6.07, 6.45) is 10.0. The van der Waals surface area contributed by atoms with Crippen molar-refractivity contribution in [2.45, 2.75) is 96.5 Å². The number of rotatable bonds is 9. The maximum atomic E-state index is 14.2. The Morgan fingerprint density at radius 2 is 1.81 bits per heavy atom. The molecule has 2 N–H and O–H groups in total. The van der Waals surface area contributed by atoms with Gasteiger partial charge in [-0.05, 0) is 90.9 Å². The average Bonchev–Trinajstić information content (AvgIpc) is 2.72. The van der Waals surface area contributed by atoms with Gasteiger partial charge in [0.05, 0.1) is 0 Å². The molecule has 36 heavy (non-hydrogen) atoms. The van der Waals surface area contributed by atoms with E-state index < -0.39 is 29.3 Å². The predicted octanol–water partition coefficient (Wildman–Crippen LogP) is 4.65. The number of carbonyl (C=O) groups is 3. The van der Waals surface area contributed by atoms with Crippen molar-refractivity contribution in [3.05, 3.63) is 35.4 Å². The van der Waals surface area contributed by atoms with E-state index in [1.807, 2.05) is 39.2 Å². The number of amides is 3. The standard InChI is InChI=1S/C28H41N3O4S/c1-9-19-13-10-11-16-21(19)23(24(32)30-27(2,3)4)31(20-14-12-15-20)25(33)22(17-18-36-8)29-26(34)35-28(5,6)7/h1,10-11,13,16,20,22-23H,12,14-15,17-18H2,2-8H3,(H,29,34)(H,30,32). The van der Waals surface area contributed by atoms with Crippen molar-refractivity contribution in [2.75, 3.05) is 12.0 Å². The highest BCUT2D eigenvalue weighted by molar-refractivity contribution is 7.98. The Kier molecular flexibility index (Phi) is 10.3. The van der Waals surface area contributed by atoms with Crippen molar-refractivity contribution in [1.82, 2.24) is 15.5 Å². The molecule has 0 aliphatic heterocycles. The first-order valence-corrected chi connectivity index (χ1v) is 13.8. The molecule has 0 heterocycles. The van der Waals surface area contributed by atoms with Gasteiger partial charge in [0, 0.05) is 17.1 Å². The highest BCUT2D eigenvalue weighted by atomic mass is 32.2. The smallest absolute Gasteiger partial charge is 0.408 e. The van der Waals surface area contributed by atoms with Crippen LogP contribution in [0.2, 0.25) is 0 Å². The first-order valence-electron chi connectivity index (χ1n) is 12.5. The number of hydrogen-bond acceptors (Lipinski definition) is 5. The Morgan fingerprint density at radius 1 is 1.17 bits per heavy atom. The predicted molar refractivity (Wildman–Crippen MR) is 146 cm³/mol. The van der Waals surface area contributed by atoms with Gasteiger partial charge in [0.1, 0.15) is 17.7 Å². The second-order valence-electron chi connectivity index (χ2n) is 11.2. The summed E-state index contributed by atoms with van der Waals surface area (Å²) < 4.78 is 5.44. The van der Waals surface area contributed by atoms with E-state index in [0.717, 1.165) is 19.3 Å². The van der Waals surface area contributed by atoms with Gasteiger partial charge in [-0.1, -0.05) is 24.1 Å². The number of terminal acetylenes is 1. The number of nitrogens with one attached hydrogen (secondary N) is 2. The van der Waals surface area contributed by atoms with Gasteiger partial charge in [0.25, 0.3) is 0 Å². The number of benzene rings is 1. The fourth-order valence-electron chi connectivity index (χ4n) is 4.03. The minimum absolute atomic E-state index is 0.128. The van der Waals surface area contributed by atoms with Crippen LogP contribution in [0.3, 0.4) is 0 Å². The molecule has 0 aromatic heterocycles. The van der Waals surface area contributed by atoms with Crippen molar-refractivity contribution in [3.8, 4) is 12.3 Å². The topological polar surface area (TPSA) is 87.7 Å². The second-order valence-corrected chi connectivity index (χ2v) is 12.2. The van der Waals surface area contributed by atoms with Crippen molar-refractivity contribution in [2.24, 2.45) is 0 Å². The van der Waals surface area contributed by atoms with Gasteiger partial charge in [-0.3, -0.25) is 9.59 Å². The fraction of sp³-hybridized carbons (Fsp3) is 0.607. The van der Waals surface area contributed by atoms with Crippen LogP contribution < -0.4 is 10.6 Å². The molecule has 0 radical (unpaired) electrons. The van der Waals surface area contributed by atoms with Crippen molar-refractivity contribution >= 4 is 29.7 Å². The highest BCUT2D eigenvalue weighted by Crippen LogP contribution is 2.35. The lowest BCUT2D eigenvalue weighted by atomic mass is 9.87. The quantitative estimate of drug-likeness (QED) is 0.468. The van der Waals surface area contributed by atoms with Gasteiger partial charge in [-0.2, -0.15) is 11.8 Å². The van der Waals surface area contributed by atoms with E-state index in [9.17, 15) is 14.4 Å². The van der Waals surface area contributed by atoms with Crippen LogP contribution in [-0.2, 0) is 14.3 Å². The van der Waals surface area contributed by atoms with Gasteiger partial charge in [0.15, 0.2) is 0 Å². The van der Waals surface area contributed by atoms with Crippen LogP contribution in [0.1, 0.15) is 84.4 Å². The molecule has 0 spiro atoms. The zero-order valence-corrected chi connectivity index (χ0v) is 23.5. The zero-order valence-electron chi connectivity index (χ0n) is 22.6. The molecule has 198 valence electrons. The van der Waals surface area contributed by atoms with Gasteiger partial charge < -0.3 is 20.3 Å². The number of ether oxygens (including phenoxy) is 1. The van der Waals surface area contributed by atoms with E-state index in [2.05, 4.69) is 16.6 Å². The summed E-state index contributed by atoms with van der Waals surface area (Å²) >= 11 is 1.58. The SMILES string of the molecule is C#Cc1ccccc1C(C(=O)NC(C)(C)C)N(C(=O)C(CCSC)NC(=O)OC(C)(C)C)C1CCC1. The van der Waals surface area contributed by atoms with Crippen LogP contribution in [0.4, 0.5) is 4.79 Å². The molecule has 1 aromatic carbocycles. The number of nitrogens with zero attached hydrogens (tertiary/aromatic N) is 1. The van der Waals surface area contributed by atoms with E-state index in [-0.39, 0.29) is 17.9 Å². The van der Waals surface area contributed by atoms with Gasteiger partial charge in [-0.25, -0.2) is 4.79 Å². The van der Waals surface area contributed by atoms with E-state index in [1.165, 1.54) is 0 Å². The summed E-state index contributed by atoms with van der Waals surface area (Å²) in [6.45, 7) is 11.0. The number of thioether (sulfide) groups is 1. The molecular formula is C28H41N3O4S. The maximum absolute atomic E-state index is 14.2. The molecule has 0 saturated heterocycles. The molecule has 2 rings (SSSR count). The Morgan fingerprint density at radius 3 is 2.31 bits per heavy atom. The van der Waals surface area contributed by atoms with E-state index >= 15 is 0 Å². The van der Waals surface area contributed by atoms with Crippen LogP contribution in [0, 0.1) is 12.3 Å². The number of alkyl carbamates (subject to hydrolysis) is 1. The molecular weight excluding hydrogens is 474 g/mol. The lowest BCUT2D eigenvalue weighted by Gasteiger charge is -2.44. The normalized spacial score (nSPS) is 15.6. The molecule has 1 fully saturated rings. The molecule has 2 atom stereocenters. The molecule has 1 aromatic rings. The zero-order chi connectivity index (χ0) is 27.1. The van der Waals surface area contributed by atoms with E-state index in [4.69, 9.17) is 11.2 Å². The molecule has 2 unspecified atom stereocenters. The Bertz CT molecular complexity index is 970. The van der Waals surface area contributed by atoms with E-state index in [1.54, 1.807) is 49.6 Å². The minimum Gasteiger partial charge on any atom is -0.444 e. The van der Waals surface area contributed by atoms with Gasteiger partial charge in [0.2, 0.25) is 11.8 Å². The molecule has 1 saturated carbocycles. The summed E-state index contributed by atoms with van der Waals surface area (Å²) in [6, 6.07) is 5.33.